The summed E-state index contributed by atoms with van der Waals surface area (Å²) in [7, 11) is 3.21. The second kappa shape index (κ2) is 7.27. The maximum atomic E-state index is 13.4. The molecule has 112 valence electrons. The molecule has 0 radical (unpaired) electrons. The van der Waals surface area contributed by atoms with Gasteiger partial charge >= 0.3 is 0 Å². The molecular weight excluding hydrogens is 403 g/mol. The van der Waals surface area contributed by atoms with Crippen molar-refractivity contribution < 1.29 is 13.9 Å². The predicted octanol–water partition coefficient (Wildman–Crippen LogP) is 5.28. The molecule has 0 amide bonds. The highest BCUT2D eigenvalue weighted by atomic mass is 79.9. The minimum Gasteiger partial charge on any atom is -0.493 e. The summed E-state index contributed by atoms with van der Waals surface area (Å²) in [5, 5.41) is 0. The van der Waals surface area contributed by atoms with Crippen molar-refractivity contribution in [2.24, 2.45) is 0 Å². The van der Waals surface area contributed by atoms with Crippen molar-refractivity contribution in [3.05, 3.63) is 57.8 Å². The third kappa shape index (κ3) is 3.98. The average molecular weight is 418 g/mol. The molecule has 0 bridgehead atoms. The van der Waals surface area contributed by atoms with Crippen LogP contribution in [-0.4, -0.2) is 14.2 Å². The van der Waals surface area contributed by atoms with Gasteiger partial charge < -0.3 is 9.47 Å². The topological polar surface area (TPSA) is 18.5 Å². The zero-order valence-corrected chi connectivity index (χ0v) is 14.9. The van der Waals surface area contributed by atoms with Crippen molar-refractivity contribution in [3.8, 4) is 11.5 Å². The Morgan fingerprint density at radius 1 is 1.05 bits per heavy atom. The van der Waals surface area contributed by atoms with Crippen LogP contribution in [0, 0.1) is 5.82 Å². The summed E-state index contributed by atoms with van der Waals surface area (Å²) in [5.74, 6) is 1.14. The number of ether oxygens (including phenoxy) is 2. The zero-order valence-electron chi connectivity index (χ0n) is 11.7. The Morgan fingerprint density at radius 2 is 1.76 bits per heavy atom. The summed E-state index contributed by atoms with van der Waals surface area (Å²) >= 11 is 7.08. The van der Waals surface area contributed by atoms with Gasteiger partial charge in [-0.1, -0.05) is 37.9 Å². The number of rotatable bonds is 5. The minimum absolute atomic E-state index is 0.000626. The van der Waals surface area contributed by atoms with Crippen LogP contribution < -0.4 is 9.47 Å². The number of hydrogen-bond donors (Lipinski definition) is 0. The van der Waals surface area contributed by atoms with E-state index in [1.807, 2.05) is 18.2 Å². The predicted molar refractivity (Wildman–Crippen MR) is 89.0 cm³/mol. The molecule has 0 N–H and O–H groups in total. The van der Waals surface area contributed by atoms with E-state index in [9.17, 15) is 4.39 Å². The Hall–Kier alpha value is -1.07. The Balaban J connectivity index is 2.23. The molecule has 2 aromatic carbocycles. The fourth-order valence-electron chi connectivity index (χ4n) is 2.08. The molecule has 1 unspecified atom stereocenters. The first kappa shape index (κ1) is 16.3. The summed E-state index contributed by atoms with van der Waals surface area (Å²) in [4.78, 5) is 0.000626. The summed E-state index contributed by atoms with van der Waals surface area (Å²) in [6.45, 7) is 0. The van der Waals surface area contributed by atoms with Gasteiger partial charge in [-0.15, -0.1) is 0 Å². The fourth-order valence-corrected chi connectivity index (χ4v) is 3.66. The van der Waals surface area contributed by atoms with E-state index in [1.54, 1.807) is 20.3 Å². The number of methoxy groups -OCH3 is 2. The molecule has 0 aliphatic carbocycles. The third-order valence-corrected chi connectivity index (χ3v) is 4.70. The first-order valence-corrected chi connectivity index (χ1v) is 8.06. The molecule has 5 heteroatoms. The molecule has 0 aromatic heterocycles. The van der Waals surface area contributed by atoms with Gasteiger partial charge in [0.15, 0.2) is 11.5 Å². The summed E-state index contributed by atoms with van der Waals surface area (Å²) in [6.07, 6.45) is 0.711. The van der Waals surface area contributed by atoms with Crippen molar-refractivity contribution in [3.63, 3.8) is 0 Å². The van der Waals surface area contributed by atoms with E-state index in [2.05, 4.69) is 31.9 Å². The molecule has 0 aliphatic heterocycles. The van der Waals surface area contributed by atoms with Crippen LogP contribution in [0.4, 0.5) is 4.39 Å². The van der Waals surface area contributed by atoms with Gasteiger partial charge in [0.2, 0.25) is 0 Å². The second-order valence-corrected chi connectivity index (χ2v) is 6.49. The van der Waals surface area contributed by atoms with Crippen LogP contribution in [0.1, 0.15) is 16.0 Å². The second-order valence-electron chi connectivity index (χ2n) is 4.53. The monoisotopic (exact) mass is 416 g/mol. The normalized spacial score (nSPS) is 12.0. The first-order valence-electron chi connectivity index (χ1n) is 6.35. The first-order chi connectivity index (χ1) is 10.0. The van der Waals surface area contributed by atoms with Crippen molar-refractivity contribution in [1.82, 2.24) is 0 Å². The maximum Gasteiger partial charge on any atom is 0.160 e. The largest absolute Gasteiger partial charge is 0.493 e. The molecule has 2 nitrogen and oxygen atoms in total. The summed E-state index contributed by atoms with van der Waals surface area (Å²) in [6, 6.07) is 10.5. The van der Waals surface area contributed by atoms with Crippen LogP contribution in [0.3, 0.4) is 0 Å². The number of benzene rings is 2. The maximum absolute atomic E-state index is 13.4. The molecule has 21 heavy (non-hydrogen) atoms. The summed E-state index contributed by atoms with van der Waals surface area (Å²) < 4.78 is 24.8. The quantitative estimate of drug-likeness (QED) is 0.615. The van der Waals surface area contributed by atoms with E-state index in [1.165, 1.54) is 12.1 Å². The van der Waals surface area contributed by atoms with Gasteiger partial charge in [0.25, 0.3) is 0 Å². The van der Waals surface area contributed by atoms with Gasteiger partial charge in [-0.2, -0.15) is 0 Å². The van der Waals surface area contributed by atoms with Crippen LogP contribution in [0.25, 0.3) is 0 Å². The van der Waals surface area contributed by atoms with Crippen molar-refractivity contribution in [1.29, 1.82) is 0 Å². The molecule has 0 fully saturated rings. The number of alkyl halides is 1. The molecule has 0 heterocycles. The Kier molecular flexibility index (Phi) is 5.65. The highest BCUT2D eigenvalue weighted by Gasteiger charge is 2.14. The standard InChI is InChI=1S/C16H15Br2FO2/c1-20-15-6-3-10(8-16(15)21-2)7-14(18)12-9-11(19)4-5-13(12)17/h3-6,8-9,14H,7H2,1-2H3. The van der Waals surface area contributed by atoms with Crippen molar-refractivity contribution in [2.45, 2.75) is 11.2 Å². The Labute approximate surface area is 140 Å². The van der Waals surface area contributed by atoms with Gasteiger partial charge in [-0.05, 0) is 47.9 Å². The van der Waals surface area contributed by atoms with Crippen LogP contribution in [0.2, 0.25) is 0 Å². The molecule has 0 aliphatic rings. The number of halogens is 3. The van der Waals surface area contributed by atoms with Gasteiger partial charge in [-0.3, -0.25) is 0 Å². The van der Waals surface area contributed by atoms with E-state index < -0.39 is 0 Å². The lowest BCUT2D eigenvalue weighted by Crippen LogP contribution is -1.99. The van der Waals surface area contributed by atoms with E-state index in [-0.39, 0.29) is 10.6 Å². The van der Waals surface area contributed by atoms with E-state index in [0.717, 1.165) is 15.6 Å². The SMILES string of the molecule is COc1ccc(CC(Br)c2cc(F)ccc2Br)cc1OC. The van der Waals surface area contributed by atoms with Crippen LogP contribution in [-0.2, 0) is 6.42 Å². The molecule has 0 spiro atoms. The third-order valence-electron chi connectivity index (χ3n) is 3.16. The van der Waals surface area contributed by atoms with Crippen molar-refractivity contribution in [2.75, 3.05) is 14.2 Å². The molecule has 0 saturated heterocycles. The lowest BCUT2D eigenvalue weighted by Gasteiger charge is -2.14. The molecule has 2 aromatic rings. The lowest BCUT2D eigenvalue weighted by molar-refractivity contribution is 0.354. The Bertz CT molecular complexity index is 632. The van der Waals surface area contributed by atoms with Gasteiger partial charge in [-0.25, -0.2) is 4.39 Å². The molecular formula is C16H15Br2FO2. The van der Waals surface area contributed by atoms with Crippen LogP contribution in [0.15, 0.2) is 40.9 Å². The lowest BCUT2D eigenvalue weighted by atomic mass is 10.0. The van der Waals surface area contributed by atoms with Crippen LogP contribution in [0.5, 0.6) is 11.5 Å². The molecule has 2 rings (SSSR count). The van der Waals surface area contributed by atoms with Crippen molar-refractivity contribution >= 4 is 31.9 Å². The number of hydrogen-bond acceptors (Lipinski definition) is 2. The zero-order chi connectivity index (χ0) is 15.4. The van der Waals surface area contributed by atoms with E-state index >= 15 is 0 Å². The summed E-state index contributed by atoms with van der Waals surface area (Å²) in [5.41, 5.74) is 1.95. The minimum atomic E-state index is -0.245. The van der Waals surface area contributed by atoms with Gasteiger partial charge in [0.05, 0.1) is 14.2 Å². The van der Waals surface area contributed by atoms with Gasteiger partial charge in [0.1, 0.15) is 5.82 Å². The Morgan fingerprint density at radius 3 is 2.43 bits per heavy atom. The highest BCUT2D eigenvalue weighted by molar-refractivity contribution is 9.11. The van der Waals surface area contributed by atoms with Gasteiger partial charge in [0, 0.05) is 9.30 Å². The average Bonchev–Trinajstić information content (AvgIpc) is 2.49. The molecule has 0 saturated carbocycles. The van der Waals surface area contributed by atoms with Crippen LogP contribution >= 0.6 is 31.9 Å². The van der Waals surface area contributed by atoms with E-state index in [0.29, 0.717) is 17.9 Å². The molecule has 1 atom stereocenters. The highest BCUT2D eigenvalue weighted by Crippen LogP contribution is 2.35. The smallest absolute Gasteiger partial charge is 0.160 e. The van der Waals surface area contributed by atoms with E-state index in [4.69, 9.17) is 9.47 Å². The fraction of sp³-hybridized carbons (Fsp3) is 0.250.